The van der Waals surface area contributed by atoms with Gasteiger partial charge in [0.1, 0.15) is 11.6 Å². The van der Waals surface area contributed by atoms with E-state index in [-0.39, 0.29) is 5.69 Å². The topological polar surface area (TPSA) is 80.0 Å². The fourth-order valence-electron chi connectivity index (χ4n) is 2.90. The predicted octanol–water partition coefficient (Wildman–Crippen LogP) is 5.56. The molecule has 4 rings (SSSR count). The van der Waals surface area contributed by atoms with Crippen LogP contribution in [-0.2, 0) is 6.42 Å². The number of hydrogen-bond acceptors (Lipinski definition) is 4. The Hall–Kier alpha value is -4.07. The zero-order valence-corrected chi connectivity index (χ0v) is 16.5. The van der Waals surface area contributed by atoms with Gasteiger partial charge >= 0.3 is 6.03 Å². The lowest BCUT2D eigenvalue weighted by Crippen LogP contribution is -2.20. The Bertz CT molecular complexity index is 1210. The summed E-state index contributed by atoms with van der Waals surface area (Å²) in [5, 5.41) is 13.0. The molecule has 0 radical (unpaired) electrons. The number of carbonyl (C=O) groups excluding carboxylic acids is 1. The van der Waals surface area contributed by atoms with Crippen LogP contribution in [0.15, 0.2) is 71.1 Å². The predicted molar refractivity (Wildman–Crippen MR) is 113 cm³/mol. The molecule has 6 nitrogen and oxygen atoms in total. The zero-order chi connectivity index (χ0) is 21.8. The number of nitrogens with zero attached hydrogens (tertiary/aromatic N) is 2. The zero-order valence-electron chi connectivity index (χ0n) is 16.5. The maximum absolute atomic E-state index is 13.6. The minimum absolute atomic E-state index is 0.249. The number of amides is 2. The number of aromatic nitrogens is 2. The van der Waals surface area contributed by atoms with Crippen LogP contribution in [0, 0.1) is 18.6 Å². The number of benzene rings is 3. The van der Waals surface area contributed by atoms with Gasteiger partial charge in [0.05, 0.1) is 12.1 Å². The third-order valence-electron chi connectivity index (χ3n) is 4.51. The summed E-state index contributed by atoms with van der Waals surface area (Å²) >= 11 is 0. The molecule has 31 heavy (non-hydrogen) atoms. The monoisotopic (exact) mass is 420 g/mol. The first-order valence-electron chi connectivity index (χ1n) is 9.48. The second kappa shape index (κ2) is 8.74. The summed E-state index contributed by atoms with van der Waals surface area (Å²) in [7, 11) is 0. The summed E-state index contributed by atoms with van der Waals surface area (Å²) in [6, 6.07) is 16.9. The molecule has 0 saturated carbocycles. The number of rotatable bonds is 5. The van der Waals surface area contributed by atoms with Gasteiger partial charge in [-0.2, -0.15) is 0 Å². The lowest BCUT2D eigenvalue weighted by Gasteiger charge is -2.08. The normalized spacial score (nSPS) is 10.7. The minimum atomic E-state index is -0.732. The molecule has 1 aromatic heterocycles. The minimum Gasteiger partial charge on any atom is -0.420 e. The molecule has 3 aromatic carbocycles. The standard InChI is InChI=1S/C23H18F2N4O2/c1-14-2-4-15(5-3-14)12-21-28-29-22(31-21)16-6-9-18(10-7-16)26-23(30)27-20-13-17(24)8-11-19(20)25/h2-11,13H,12H2,1H3,(H2,26,27,30). The summed E-state index contributed by atoms with van der Waals surface area (Å²) in [5.41, 5.74) is 3.14. The third kappa shape index (κ3) is 5.11. The Morgan fingerprint density at radius 3 is 2.42 bits per heavy atom. The highest BCUT2D eigenvalue weighted by Gasteiger charge is 2.11. The van der Waals surface area contributed by atoms with Gasteiger partial charge in [0.2, 0.25) is 11.8 Å². The van der Waals surface area contributed by atoms with Crippen LogP contribution in [0.25, 0.3) is 11.5 Å². The number of aryl methyl sites for hydroxylation is 1. The van der Waals surface area contributed by atoms with Gasteiger partial charge in [-0.05, 0) is 48.9 Å². The van der Waals surface area contributed by atoms with Gasteiger partial charge in [0.15, 0.2) is 0 Å². The third-order valence-corrected chi connectivity index (χ3v) is 4.51. The first-order chi connectivity index (χ1) is 15.0. The quantitative estimate of drug-likeness (QED) is 0.443. The molecule has 0 aliphatic rings. The fraction of sp³-hybridized carbons (Fsp3) is 0.0870. The lowest BCUT2D eigenvalue weighted by atomic mass is 10.1. The van der Waals surface area contributed by atoms with Gasteiger partial charge in [-0.3, -0.25) is 0 Å². The number of hydrogen-bond donors (Lipinski definition) is 2. The van der Waals surface area contributed by atoms with E-state index in [1.807, 2.05) is 31.2 Å². The molecule has 2 amide bonds. The molecule has 0 bridgehead atoms. The first-order valence-corrected chi connectivity index (χ1v) is 9.48. The van der Waals surface area contributed by atoms with Gasteiger partial charge in [-0.1, -0.05) is 29.8 Å². The highest BCUT2D eigenvalue weighted by atomic mass is 19.1. The van der Waals surface area contributed by atoms with Crippen molar-refractivity contribution in [3.63, 3.8) is 0 Å². The SMILES string of the molecule is Cc1ccc(Cc2nnc(-c3ccc(NC(=O)Nc4cc(F)ccc4F)cc3)o2)cc1. The van der Waals surface area contributed by atoms with Gasteiger partial charge in [-0.15, -0.1) is 10.2 Å². The van der Waals surface area contributed by atoms with Crippen LogP contribution in [0.3, 0.4) is 0 Å². The number of carbonyl (C=O) groups is 1. The molecule has 0 atom stereocenters. The Morgan fingerprint density at radius 1 is 0.935 bits per heavy atom. The van der Waals surface area contributed by atoms with Crippen molar-refractivity contribution in [3.8, 4) is 11.5 Å². The van der Waals surface area contributed by atoms with Crippen molar-refractivity contribution in [2.75, 3.05) is 10.6 Å². The molecule has 0 unspecified atom stereocenters. The number of anilines is 2. The van der Waals surface area contributed by atoms with Gasteiger partial charge in [0.25, 0.3) is 0 Å². The molecule has 0 saturated heterocycles. The van der Waals surface area contributed by atoms with Crippen molar-refractivity contribution >= 4 is 17.4 Å². The Morgan fingerprint density at radius 2 is 1.68 bits per heavy atom. The van der Waals surface area contributed by atoms with E-state index >= 15 is 0 Å². The fourth-order valence-corrected chi connectivity index (χ4v) is 2.90. The van der Waals surface area contributed by atoms with E-state index in [0.717, 1.165) is 23.8 Å². The van der Waals surface area contributed by atoms with Gasteiger partial charge in [-0.25, -0.2) is 13.6 Å². The van der Waals surface area contributed by atoms with Crippen molar-refractivity contribution in [1.29, 1.82) is 0 Å². The summed E-state index contributed by atoms with van der Waals surface area (Å²) in [5.74, 6) is -0.524. The molecule has 0 spiro atoms. The summed E-state index contributed by atoms with van der Waals surface area (Å²) in [6.07, 6.45) is 0.531. The Labute approximate surface area is 176 Å². The van der Waals surface area contributed by atoms with E-state index < -0.39 is 17.7 Å². The van der Waals surface area contributed by atoms with Crippen LogP contribution in [0.4, 0.5) is 25.0 Å². The largest absolute Gasteiger partial charge is 0.420 e. The number of urea groups is 1. The summed E-state index contributed by atoms with van der Waals surface area (Å²) in [6.45, 7) is 2.02. The second-order valence-electron chi connectivity index (χ2n) is 6.94. The molecule has 8 heteroatoms. The molecular weight excluding hydrogens is 402 g/mol. The van der Waals surface area contributed by atoms with E-state index in [1.54, 1.807) is 24.3 Å². The van der Waals surface area contributed by atoms with Crippen molar-refractivity contribution in [2.24, 2.45) is 0 Å². The smallest absolute Gasteiger partial charge is 0.323 e. The number of nitrogens with one attached hydrogen (secondary N) is 2. The molecule has 0 aliphatic carbocycles. The van der Waals surface area contributed by atoms with Gasteiger partial charge < -0.3 is 15.1 Å². The van der Waals surface area contributed by atoms with Crippen LogP contribution in [0.1, 0.15) is 17.0 Å². The van der Waals surface area contributed by atoms with Crippen molar-refractivity contribution in [3.05, 3.63) is 95.4 Å². The van der Waals surface area contributed by atoms with Crippen molar-refractivity contribution < 1.29 is 18.0 Å². The summed E-state index contributed by atoms with van der Waals surface area (Å²) in [4.78, 5) is 12.0. The molecule has 0 aliphatic heterocycles. The average molecular weight is 420 g/mol. The highest BCUT2D eigenvalue weighted by Crippen LogP contribution is 2.22. The van der Waals surface area contributed by atoms with Crippen LogP contribution in [0.5, 0.6) is 0 Å². The second-order valence-corrected chi connectivity index (χ2v) is 6.94. The first kappa shape index (κ1) is 20.2. The lowest BCUT2D eigenvalue weighted by molar-refractivity contribution is 0.262. The van der Waals surface area contributed by atoms with Crippen molar-refractivity contribution in [1.82, 2.24) is 10.2 Å². The Balaban J connectivity index is 1.39. The van der Waals surface area contributed by atoms with Gasteiger partial charge in [0, 0.05) is 17.3 Å². The maximum Gasteiger partial charge on any atom is 0.323 e. The average Bonchev–Trinajstić information content (AvgIpc) is 3.21. The van der Waals surface area contributed by atoms with Crippen LogP contribution in [0.2, 0.25) is 0 Å². The molecular formula is C23H18F2N4O2. The van der Waals surface area contributed by atoms with Crippen LogP contribution >= 0.6 is 0 Å². The van der Waals surface area contributed by atoms with Crippen LogP contribution in [-0.4, -0.2) is 16.2 Å². The maximum atomic E-state index is 13.6. The molecule has 4 aromatic rings. The Kier molecular flexibility index (Phi) is 5.70. The van der Waals surface area contributed by atoms with Crippen LogP contribution < -0.4 is 10.6 Å². The van der Waals surface area contributed by atoms with Crippen molar-refractivity contribution in [2.45, 2.75) is 13.3 Å². The van der Waals surface area contributed by atoms with E-state index in [0.29, 0.717) is 29.5 Å². The molecule has 1 heterocycles. The molecule has 2 N–H and O–H groups in total. The molecule has 156 valence electrons. The van der Waals surface area contributed by atoms with E-state index in [4.69, 9.17) is 4.42 Å². The van der Waals surface area contributed by atoms with E-state index in [1.165, 1.54) is 5.56 Å². The summed E-state index contributed by atoms with van der Waals surface area (Å²) < 4.78 is 32.6. The molecule has 0 fully saturated rings. The highest BCUT2D eigenvalue weighted by molar-refractivity contribution is 5.99. The number of halogens is 2. The van der Waals surface area contributed by atoms with E-state index in [2.05, 4.69) is 20.8 Å². The van der Waals surface area contributed by atoms with E-state index in [9.17, 15) is 13.6 Å².